The predicted octanol–water partition coefficient (Wildman–Crippen LogP) is 4.11. The second-order valence-electron chi connectivity index (χ2n) is 6.65. The zero-order chi connectivity index (χ0) is 18.0. The van der Waals surface area contributed by atoms with E-state index >= 15 is 0 Å². The molecule has 0 aromatic heterocycles. The van der Waals surface area contributed by atoms with Gasteiger partial charge >= 0.3 is 6.03 Å². The van der Waals surface area contributed by atoms with Gasteiger partial charge in [0.1, 0.15) is 5.82 Å². The van der Waals surface area contributed by atoms with E-state index in [0.717, 1.165) is 35.6 Å². The predicted molar refractivity (Wildman–Crippen MR) is 99.9 cm³/mol. The summed E-state index contributed by atoms with van der Waals surface area (Å²) in [6.07, 6.45) is 0. The van der Waals surface area contributed by atoms with E-state index in [1.807, 2.05) is 18.7 Å². The van der Waals surface area contributed by atoms with Gasteiger partial charge in [-0.3, -0.25) is 0 Å². The number of anilines is 2. The molecule has 4 nitrogen and oxygen atoms in total. The van der Waals surface area contributed by atoms with Crippen LogP contribution in [0.2, 0.25) is 0 Å². The molecule has 2 aromatic carbocycles. The molecule has 1 aliphatic rings. The summed E-state index contributed by atoms with van der Waals surface area (Å²) in [4.78, 5) is 16.6. The van der Waals surface area contributed by atoms with E-state index in [4.69, 9.17) is 0 Å². The summed E-state index contributed by atoms with van der Waals surface area (Å²) >= 11 is 0. The number of benzene rings is 2. The Bertz CT molecular complexity index is 742. The van der Waals surface area contributed by atoms with Crippen molar-refractivity contribution in [2.75, 3.05) is 36.4 Å². The van der Waals surface area contributed by atoms with Crippen LogP contribution in [0.4, 0.5) is 20.6 Å². The molecule has 0 unspecified atom stereocenters. The van der Waals surface area contributed by atoms with Crippen LogP contribution in [0.3, 0.4) is 0 Å². The molecule has 3 rings (SSSR count). The molecule has 1 fully saturated rings. The van der Waals surface area contributed by atoms with E-state index < -0.39 is 0 Å². The zero-order valence-corrected chi connectivity index (χ0v) is 15.0. The van der Waals surface area contributed by atoms with Gasteiger partial charge in [0.2, 0.25) is 0 Å². The number of aryl methyl sites for hydroxylation is 3. The Morgan fingerprint density at radius 1 is 0.960 bits per heavy atom. The highest BCUT2D eigenvalue weighted by Gasteiger charge is 2.22. The SMILES string of the molecule is Cc1cc(C)c(NC(=O)N2CCN(c3ccc(F)cc3)CC2)c(C)c1. The van der Waals surface area contributed by atoms with Crippen LogP contribution in [0.15, 0.2) is 36.4 Å². The first kappa shape index (κ1) is 17.3. The number of amides is 2. The van der Waals surface area contributed by atoms with Crippen LogP contribution in [-0.4, -0.2) is 37.1 Å². The number of urea groups is 1. The Kier molecular flexibility index (Phi) is 4.93. The van der Waals surface area contributed by atoms with Crippen molar-refractivity contribution in [2.45, 2.75) is 20.8 Å². The van der Waals surface area contributed by atoms with Crippen LogP contribution in [0.5, 0.6) is 0 Å². The Balaban J connectivity index is 1.61. The third-order valence-electron chi connectivity index (χ3n) is 4.67. The number of nitrogens with one attached hydrogen (secondary N) is 1. The van der Waals surface area contributed by atoms with Gasteiger partial charge in [-0.15, -0.1) is 0 Å². The van der Waals surface area contributed by atoms with Crippen molar-refractivity contribution < 1.29 is 9.18 Å². The molecular weight excluding hydrogens is 317 g/mol. The number of halogens is 1. The fraction of sp³-hybridized carbons (Fsp3) is 0.350. The second-order valence-corrected chi connectivity index (χ2v) is 6.65. The average Bonchev–Trinajstić information content (AvgIpc) is 2.59. The molecule has 1 aliphatic heterocycles. The number of carbonyl (C=O) groups is 1. The van der Waals surface area contributed by atoms with Crippen molar-refractivity contribution in [1.29, 1.82) is 0 Å². The van der Waals surface area contributed by atoms with E-state index in [1.54, 1.807) is 12.1 Å². The van der Waals surface area contributed by atoms with Crippen molar-refractivity contribution in [2.24, 2.45) is 0 Å². The van der Waals surface area contributed by atoms with Gasteiger partial charge in [-0.1, -0.05) is 17.7 Å². The van der Waals surface area contributed by atoms with Gasteiger partial charge in [0, 0.05) is 37.6 Å². The van der Waals surface area contributed by atoms with Crippen LogP contribution in [0, 0.1) is 26.6 Å². The van der Waals surface area contributed by atoms with Gasteiger partial charge in [-0.2, -0.15) is 0 Å². The molecule has 1 N–H and O–H groups in total. The topological polar surface area (TPSA) is 35.6 Å². The highest BCUT2D eigenvalue weighted by molar-refractivity contribution is 5.91. The van der Waals surface area contributed by atoms with Crippen molar-refractivity contribution >= 4 is 17.4 Å². The van der Waals surface area contributed by atoms with Gasteiger partial charge in [0.15, 0.2) is 0 Å². The van der Waals surface area contributed by atoms with Crippen LogP contribution in [-0.2, 0) is 0 Å². The fourth-order valence-corrected chi connectivity index (χ4v) is 3.38. The highest BCUT2D eigenvalue weighted by atomic mass is 19.1. The van der Waals surface area contributed by atoms with Crippen LogP contribution in [0.1, 0.15) is 16.7 Å². The lowest BCUT2D eigenvalue weighted by Gasteiger charge is -2.36. The van der Waals surface area contributed by atoms with E-state index in [9.17, 15) is 9.18 Å². The maximum absolute atomic E-state index is 13.0. The van der Waals surface area contributed by atoms with Gasteiger partial charge in [-0.05, 0) is 56.2 Å². The molecule has 0 saturated carbocycles. The van der Waals surface area contributed by atoms with Crippen molar-refractivity contribution in [3.63, 3.8) is 0 Å². The highest BCUT2D eigenvalue weighted by Crippen LogP contribution is 2.23. The molecule has 25 heavy (non-hydrogen) atoms. The quantitative estimate of drug-likeness (QED) is 0.892. The normalized spacial score (nSPS) is 14.6. The molecule has 2 amide bonds. The molecule has 0 aliphatic carbocycles. The number of rotatable bonds is 2. The Labute approximate surface area is 148 Å². The van der Waals surface area contributed by atoms with Gasteiger partial charge in [-0.25, -0.2) is 9.18 Å². The maximum Gasteiger partial charge on any atom is 0.321 e. The number of carbonyl (C=O) groups excluding carboxylic acids is 1. The summed E-state index contributed by atoms with van der Waals surface area (Å²) in [6.45, 7) is 8.86. The average molecular weight is 341 g/mol. The number of hydrogen-bond acceptors (Lipinski definition) is 2. The Morgan fingerprint density at radius 2 is 1.52 bits per heavy atom. The molecule has 2 aromatic rings. The van der Waals surface area contributed by atoms with Crippen molar-refractivity contribution in [3.05, 3.63) is 58.9 Å². The number of piperazine rings is 1. The number of hydrogen-bond donors (Lipinski definition) is 1. The summed E-state index contributed by atoms with van der Waals surface area (Å²) in [6, 6.07) is 10.6. The summed E-state index contributed by atoms with van der Waals surface area (Å²) < 4.78 is 13.0. The first-order valence-corrected chi connectivity index (χ1v) is 8.58. The lowest BCUT2D eigenvalue weighted by molar-refractivity contribution is 0.208. The molecule has 1 heterocycles. The Hall–Kier alpha value is -2.56. The molecule has 0 bridgehead atoms. The second kappa shape index (κ2) is 7.13. The van der Waals surface area contributed by atoms with Crippen LogP contribution >= 0.6 is 0 Å². The summed E-state index contributed by atoms with van der Waals surface area (Å²) in [5.41, 5.74) is 5.25. The molecule has 0 spiro atoms. The van der Waals surface area contributed by atoms with Crippen molar-refractivity contribution in [1.82, 2.24) is 4.90 Å². The van der Waals surface area contributed by atoms with E-state index in [0.29, 0.717) is 13.1 Å². The van der Waals surface area contributed by atoms with Gasteiger partial charge < -0.3 is 15.1 Å². The molecule has 5 heteroatoms. The van der Waals surface area contributed by atoms with Crippen molar-refractivity contribution in [3.8, 4) is 0 Å². The zero-order valence-electron chi connectivity index (χ0n) is 15.0. The minimum Gasteiger partial charge on any atom is -0.368 e. The fourth-order valence-electron chi connectivity index (χ4n) is 3.38. The lowest BCUT2D eigenvalue weighted by Crippen LogP contribution is -2.50. The molecule has 1 saturated heterocycles. The largest absolute Gasteiger partial charge is 0.368 e. The first-order valence-electron chi connectivity index (χ1n) is 8.58. The lowest BCUT2D eigenvalue weighted by atomic mass is 10.1. The maximum atomic E-state index is 13.0. The third-order valence-corrected chi connectivity index (χ3v) is 4.67. The first-order chi connectivity index (χ1) is 11.9. The summed E-state index contributed by atoms with van der Waals surface area (Å²) in [5, 5.41) is 3.06. The molecular formula is C20H24FN3O. The van der Waals surface area contributed by atoms with Crippen LogP contribution in [0.25, 0.3) is 0 Å². The van der Waals surface area contributed by atoms with Gasteiger partial charge in [0.25, 0.3) is 0 Å². The standard InChI is InChI=1S/C20H24FN3O/c1-14-12-15(2)19(16(3)13-14)22-20(25)24-10-8-23(9-11-24)18-6-4-17(21)5-7-18/h4-7,12-13H,8-11H2,1-3H3,(H,22,25). The molecule has 0 radical (unpaired) electrons. The smallest absolute Gasteiger partial charge is 0.321 e. The monoisotopic (exact) mass is 341 g/mol. The minimum absolute atomic E-state index is 0.0613. The molecule has 0 atom stereocenters. The van der Waals surface area contributed by atoms with Gasteiger partial charge in [0.05, 0.1) is 0 Å². The summed E-state index contributed by atoms with van der Waals surface area (Å²) in [5.74, 6) is -0.231. The number of nitrogens with zero attached hydrogens (tertiary/aromatic N) is 2. The third kappa shape index (κ3) is 3.92. The van der Waals surface area contributed by atoms with Crippen LogP contribution < -0.4 is 10.2 Å². The van der Waals surface area contributed by atoms with E-state index in [2.05, 4.69) is 29.3 Å². The Morgan fingerprint density at radius 3 is 2.08 bits per heavy atom. The van der Waals surface area contributed by atoms with E-state index in [1.165, 1.54) is 17.7 Å². The molecule has 132 valence electrons. The van der Waals surface area contributed by atoms with E-state index in [-0.39, 0.29) is 11.8 Å². The minimum atomic E-state index is -0.231. The summed E-state index contributed by atoms with van der Waals surface area (Å²) in [7, 11) is 0.